The number of benzene rings is 2. The Balaban J connectivity index is 2.03. The first-order valence-electron chi connectivity index (χ1n) is 8.94. The van der Waals surface area contributed by atoms with Gasteiger partial charge in [0.1, 0.15) is 11.5 Å². The number of carbonyl (C=O) groups excluding carboxylic acids is 2. The zero-order valence-corrected chi connectivity index (χ0v) is 16.4. The summed E-state index contributed by atoms with van der Waals surface area (Å²) in [6.45, 7) is 6.15. The maximum atomic E-state index is 13.2. The highest BCUT2D eigenvalue weighted by atomic mass is 16.5. The summed E-state index contributed by atoms with van der Waals surface area (Å²) in [4.78, 5) is 26.7. The van der Waals surface area contributed by atoms with Crippen molar-refractivity contribution in [2.75, 3.05) is 12.0 Å². The molecule has 1 aliphatic rings. The van der Waals surface area contributed by atoms with Crippen molar-refractivity contribution in [1.82, 2.24) is 5.48 Å². The summed E-state index contributed by atoms with van der Waals surface area (Å²) in [5.74, 6) is 0.407. The molecule has 2 aromatic carbocycles. The third-order valence-corrected chi connectivity index (χ3v) is 4.63. The maximum absolute atomic E-state index is 13.2. The smallest absolute Gasteiger partial charge is 0.274 e. The van der Waals surface area contributed by atoms with Crippen molar-refractivity contribution in [2.24, 2.45) is 5.41 Å². The van der Waals surface area contributed by atoms with Crippen LogP contribution in [0.25, 0.3) is 0 Å². The van der Waals surface area contributed by atoms with Crippen molar-refractivity contribution in [3.63, 3.8) is 0 Å². The molecule has 1 atom stereocenters. The predicted octanol–water partition coefficient (Wildman–Crippen LogP) is 3.15. The largest absolute Gasteiger partial charge is 0.497 e. The Kier molecular flexibility index (Phi) is 5.29. The van der Waals surface area contributed by atoms with Crippen LogP contribution in [0.3, 0.4) is 0 Å². The summed E-state index contributed by atoms with van der Waals surface area (Å²) < 4.78 is 11.2. The Morgan fingerprint density at radius 1 is 1.21 bits per heavy atom. The Hall–Kier alpha value is -3.06. The van der Waals surface area contributed by atoms with Crippen LogP contribution in [-0.2, 0) is 11.3 Å². The first-order chi connectivity index (χ1) is 13.2. The fourth-order valence-electron chi connectivity index (χ4n) is 3.10. The van der Waals surface area contributed by atoms with Crippen molar-refractivity contribution >= 4 is 17.5 Å². The van der Waals surface area contributed by atoms with Crippen molar-refractivity contribution in [2.45, 2.75) is 33.4 Å². The van der Waals surface area contributed by atoms with E-state index >= 15 is 0 Å². The van der Waals surface area contributed by atoms with Crippen molar-refractivity contribution in [3.8, 4) is 11.5 Å². The van der Waals surface area contributed by atoms with Crippen LogP contribution in [0, 0.1) is 5.41 Å². The quantitative estimate of drug-likeness (QED) is 0.624. The predicted molar refractivity (Wildman–Crippen MR) is 104 cm³/mol. The molecule has 0 aromatic heterocycles. The minimum Gasteiger partial charge on any atom is -0.497 e. The highest BCUT2D eigenvalue weighted by molar-refractivity contribution is 6.02. The van der Waals surface area contributed by atoms with Crippen LogP contribution in [0.5, 0.6) is 11.5 Å². The van der Waals surface area contributed by atoms with Gasteiger partial charge in [0.05, 0.1) is 19.3 Å². The zero-order valence-electron chi connectivity index (χ0n) is 16.4. The number of fused-ring (bicyclic) bond motifs is 1. The van der Waals surface area contributed by atoms with Gasteiger partial charge in [-0.25, -0.2) is 5.48 Å². The van der Waals surface area contributed by atoms with Crippen LogP contribution in [0.15, 0.2) is 42.5 Å². The first kappa shape index (κ1) is 19.7. The summed E-state index contributed by atoms with van der Waals surface area (Å²) >= 11 is 0. The Morgan fingerprint density at radius 2 is 1.89 bits per heavy atom. The van der Waals surface area contributed by atoms with Crippen LogP contribution in [-0.4, -0.2) is 30.2 Å². The molecule has 0 saturated carbocycles. The molecule has 148 valence electrons. The molecule has 0 spiro atoms. The van der Waals surface area contributed by atoms with E-state index in [0.717, 1.165) is 11.3 Å². The molecule has 0 radical (unpaired) electrons. The molecule has 0 saturated heterocycles. The highest BCUT2D eigenvalue weighted by Gasteiger charge is 2.41. The van der Waals surface area contributed by atoms with Gasteiger partial charge in [-0.3, -0.25) is 14.8 Å². The van der Waals surface area contributed by atoms with Gasteiger partial charge in [0.25, 0.3) is 11.8 Å². The zero-order chi connectivity index (χ0) is 20.5. The lowest BCUT2D eigenvalue weighted by Crippen LogP contribution is -2.51. The fraction of sp³-hybridized carbons (Fsp3) is 0.333. The van der Waals surface area contributed by atoms with Gasteiger partial charge in [-0.05, 0) is 35.9 Å². The number of methoxy groups -OCH3 is 1. The van der Waals surface area contributed by atoms with Crippen LogP contribution in [0.1, 0.15) is 36.7 Å². The number of nitrogens with zero attached hydrogens (tertiary/aromatic N) is 1. The van der Waals surface area contributed by atoms with Gasteiger partial charge in [-0.1, -0.05) is 32.9 Å². The van der Waals surface area contributed by atoms with Crippen LogP contribution in [0.4, 0.5) is 5.69 Å². The summed E-state index contributed by atoms with van der Waals surface area (Å²) in [6, 6.07) is 12.2. The second kappa shape index (κ2) is 7.52. The maximum Gasteiger partial charge on any atom is 0.274 e. The topological polar surface area (TPSA) is 88.1 Å². The van der Waals surface area contributed by atoms with E-state index in [1.165, 1.54) is 0 Å². The minimum absolute atomic E-state index is 0.183. The standard InChI is InChI=1S/C21H24N2O5/c1-21(2,3)18-20(25)23(12-13-5-8-15(27-4)9-6-13)16-11-14(19(24)22-26)7-10-17(16)28-18/h5-11,18,26H,12H2,1-4H3,(H,22,24). The molecule has 0 aliphatic carbocycles. The SMILES string of the molecule is COc1ccc(CN2C(=O)C(C(C)(C)C)Oc3ccc(C(=O)NO)cc32)cc1. The van der Waals surface area contributed by atoms with E-state index < -0.39 is 17.4 Å². The lowest BCUT2D eigenvalue weighted by molar-refractivity contribution is -0.131. The van der Waals surface area contributed by atoms with Crippen molar-refractivity contribution < 1.29 is 24.3 Å². The van der Waals surface area contributed by atoms with Gasteiger partial charge < -0.3 is 14.4 Å². The summed E-state index contributed by atoms with van der Waals surface area (Å²) in [5.41, 5.74) is 2.83. The third-order valence-electron chi connectivity index (χ3n) is 4.63. The molecule has 3 rings (SSSR count). The van der Waals surface area contributed by atoms with E-state index in [4.69, 9.17) is 14.7 Å². The van der Waals surface area contributed by atoms with Gasteiger partial charge in [-0.2, -0.15) is 0 Å². The number of amides is 2. The lowest BCUT2D eigenvalue weighted by atomic mass is 9.87. The van der Waals surface area contributed by atoms with Gasteiger partial charge in [0.2, 0.25) is 0 Å². The molecule has 1 unspecified atom stereocenters. The summed E-state index contributed by atoms with van der Waals surface area (Å²) in [7, 11) is 1.60. The number of nitrogens with one attached hydrogen (secondary N) is 1. The Bertz CT molecular complexity index is 887. The van der Waals surface area contributed by atoms with E-state index in [-0.39, 0.29) is 11.5 Å². The average molecular weight is 384 g/mol. The molecule has 0 bridgehead atoms. The molecular formula is C21H24N2O5. The second-order valence-electron chi connectivity index (χ2n) is 7.76. The Labute approximate surface area is 163 Å². The summed E-state index contributed by atoms with van der Waals surface area (Å²) in [6.07, 6.45) is -0.657. The van der Waals surface area contributed by atoms with Gasteiger partial charge >= 0.3 is 0 Å². The third kappa shape index (κ3) is 3.80. The minimum atomic E-state index is -0.657. The molecule has 0 fully saturated rings. The average Bonchev–Trinajstić information content (AvgIpc) is 2.68. The molecular weight excluding hydrogens is 360 g/mol. The Morgan fingerprint density at radius 3 is 2.46 bits per heavy atom. The van der Waals surface area contributed by atoms with E-state index in [9.17, 15) is 9.59 Å². The fourth-order valence-corrected chi connectivity index (χ4v) is 3.10. The first-order valence-corrected chi connectivity index (χ1v) is 8.94. The monoisotopic (exact) mass is 384 g/mol. The molecule has 28 heavy (non-hydrogen) atoms. The number of hydrogen-bond donors (Lipinski definition) is 2. The van der Waals surface area contributed by atoms with Gasteiger partial charge in [-0.15, -0.1) is 0 Å². The molecule has 7 nitrogen and oxygen atoms in total. The molecule has 7 heteroatoms. The number of ether oxygens (including phenoxy) is 2. The number of hydrogen-bond acceptors (Lipinski definition) is 5. The van der Waals surface area contributed by atoms with E-state index in [0.29, 0.717) is 18.0 Å². The molecule has 2 aromatic rings. The molecule has 2 amide bonds. The molecule has 1 aliphatic heterocycles. The number of anilines is 1. The normalized spacial score (nSPS) is 16.2. The van der Waals surface area contributed by atoms with Crippen LogP contribution >= 0.6 is 0 Å². The molecule has 1 heterocycles. The lowest BCUT2D eigenvalue weighted by Gasteiger charge is -2.40. The van der Waals surface area contributed by atoms with Crippen LogP contribution in [0.2, 0.25) is 0 Å². The molecule has 2 N–H and O–H groups in total. The number of hydroxylamine groups is 1. The highest BCUT2D eigenvalue weighted by Crippen LogP contribution is 2.40. The summed E-state index contributed by atoms with van der Waals surface area (Å²) in [5, 5.41) is 8.92. The van der Waals surface area contributed by atoms with Crippen molar-refractivity contribution in [1.29, 1.82) is 0 Å². The van der Waals surface area contributed by atoms with Crippen molar-refractivity contribution in [3.05, 3.63) is 53.6 Å². The van der Waals surface area contributed by atoms with E-state index in [1.807, 2.05) is 45.0 Å². The second-order valence-corrected chi connectivity index (χ2v) is 7.76. The van der Waals surface area contributed by atoms with E-state index in [1.54, 1.807) is 35.7 Å². The van der Waals surface area contributed by atoms with Gasteiger partial charge in [0, 0.05) is 11.0 Å². The number of rotatable bonds is 4. The number of carbonyl (C=O) groups is 2. The van der Waals surface area contributed by atoms with Crippen LogP contribution < -0.4 is 19.9 Å². The van der Waals surface area contributed by atoms with Gasteiger partial charge in [0.15, 0.2) is 6.10 Å². The van der Waals surface area contributed by atoms with E-state index in [2.05, 4.69) is 0 Å².